The molecule has 3 aliphatic rings. The van der Waals surface area contributed by atoms with Gasteiger partial charge in [0.25, 0.3) is 5.91 Å². The smallest absolute Gasteiger partial charge is 0.251 e. The van der Waals surface area contributed by atoms with E-state index >= 15 is 0 Å². The summed E-state index contributed by atoms with van der Waals surface area (Å²) in [5.74, 6) is 0.732. The molecule has 0 spiro atoms. The van der Waals surface area contributed by atoms with E-state index in [1.54, 1.807) is 53.8 Å². The van der Waals surface area contributed by atoms with Crippen molar-refractivity contribution in [3.8, 4) is 10.8 Å². The molecule has 2 atom stereocenters. The first-order valence-electron chi connectivity index (χ1n) is 30.0. The van der Waals surface area contributed by atoms with Crippen molar-refractivity contribution in [1.29, 1.82) is 0 Å². The number of hydrogen-bond donors (Lipinski definition) is 4. The summed E-state index contributed by atoms with van der Waals surface area (Å²) in [4.78, 5) is 47.7. The number of fused-ring (bicyclic) bond motifs is 3. The predicted octanol–water partition coefficient (Wildman–Crippen LogP) is 13.9. The Morgan fingerprint density at radius 2 is 1.47 bits per heavy atom. The Bertz CT molecular complexity index is 3220. The highest BCUT2D eigenvalue weighted by molar-refractivity contribution is 7.15. The Morgan fingerprint density at radius 3 is 2.09 bits per heavy atom. The van der Waals surface area contributed by atoms with E-state index in [9.17, 15) is 23.2 Å². The Hall–Kier alpha value is -5.83. The van der Waals surface area contributed by atoms with E-state index in [4.69, 9.17) is 49.3 Å². The molecule has 0 saturated carbocycles. The average molecular weight is 1290 g/mol. The van der Waals surface area contributed by atoms with Crippen LogP contribution in [-0.2, 0) is 20.9 Å². The van der Waals surface area contributed by atoms with Crippen molar-refractivity contribution in [2.75, 3.05) is 84.5 Å². The van der Waals surface area contributed by atoms with E-state index in [0.717, 1.165) is 91.6 Å². The normalized spacial score (nSPS) is 15.8. The number of ether oxygens (including phenoxy) is 2. The van der Waals surface area contributed by atoms with Gasteiger partial charge in [0.05, 0.1) is 42.8 Å². The Kier molecular flexibility index (Phi) is 28.5. The zero-order chi connectivity index (χ0) is 64.9. The molecule has 6 aromatic rings. The molecule has 88 heavy (non-hydrogen) atoms. The van der Waals surface area contributed by atoms with Gasteiger partial charge in [-0.15, -0.1) is 21.5 Å². The maximum atomic E-state index is 14.4. The van der Waals surface area contributed by atoms with E-state index < -0.39 is 6.04 Å². The number of benzene rings is 4. The second kappa shape index (κ2) is 34.4. The molecule has 2 aromatic heterocycles. The summed E-state index contributed by atoms with van der Waals surface area (Å²) in [5, 5.41) is 22.7. The number of rotatable bonds is 19. The van der Waals surface area contributed by atoms with E-state index in [1.807, 2.05) is 45.0 Å². The van der Waals surface area contributed by atoms with E-state index in [2.05, 4.69) is 115 Å². The Morgan fingerprint density at radius 1 is 0.818 bits per heavy atom. The van der Waals surface area contributed by atoms with Crippen LogP contribution < -0.4 is 26.0 Å². The van der Waals surface area contributed by atoms with Gasteiger partial charge in [0.1, 0.15) is 34.8 Å². The first kappa shape index (κ1) is 72.9. The number of thiophene rings is 1. The lowest BCUT2D eigenvalue weighted by atomic mass is 9.92. The maximum Gasteiger partial charge on any atom is 0.251 e. The summed E-state index contributed by atoms with van der Waals surface area (Å²) in [7, 11) is 1.49. The number of nitrogens with one attached hydrogen (secondary N) is 4. The summed E-state index contributed by atoms with van der Waals surface area (Å²) < 4.78 is 40.5. The van der Waals surface area contributed by atoms with Crippen LogP contribution in [-0.4, -0.2) is 134 Å². The van der Waals surface area contributed by atoms with Crippen LogP contribution in [0.15, 0.2) is 89.9 Å². The molecule has 3 amide bonds. The van der Waals surface area contributed by atoms with Crippen molar-refractivity contribution in [2.45, 2.75) is 121 Å². The molecule has 0 radical (unpaired) electrons. The Balaban J connectivity index is 0.000000300. The number of methoxy groups -OCH3 is 1. The Labute approximate surface area is 539 Å². The molecule has 21 heteroatoms. The zero-order valence-corrected chi connectivity index (χ0v) is 56.8. The minimum atomic E-state index is -0.511. The van der Waals surface area contributed by atoms with E-state index in [1.165, 1.54) is 41.3 Å². The van der Waals surface area contributed by atoms with Crippen LogP contribution in [0.3, 0.4) is 0 Å². The highest BCUT2D eigenvalue weighted by Crippen LogP contribution is 2.37. The number of carbonyl (C=O) groups is 3. The SMILES string of the molecule is CC.CC(C)(C)C.COc1cc(C(=O)NCC(C)(C)COCC(C)(C)CN2CCN(CCCNC=O)CC2)ccc1NC(=O)C1CC(c2ccc(Cl)cc2F)CN1.Cc1sc2c(c1C)C(c1ccc(Cl)cc1)=NCc1nnc(C)n1-2.Fc1ccccc1Cl. The number of aliphatic imine (C=N–C) groups is 1. The fourth-order valence-corrected chi connectivity index (χ4v) is 11.5. The molecule has 0 aliphatic carbocycles. The second-order valence-corrected chi connectivity index (χ2v) is 27.5. The number of amides is 3. The number of hydrogen-bond acceptors (Lipinski definition) is 12. The minimum Gasteiger partial charge on any atom is -0.495 e. The van der Waals surface area contributed by atoms with Crippen molar-refractivity contribution >= 4 is 75.8 Å². The number of aryl methyl sites for hydroxylation is 2. The van der Waals surface area contributed by atoms with Gasteiger partial charge in [0.15, 0.2) is 5.82 Å². The lowest BCUT2D eigenvalue weighted by molar-refractivity contribution is -0.117. The number of nitrogens with zero attached hydrogens (tertiary/aromatic N) is 6. The molecular weight excluding hydrogens is 1200 g/mol. The number of aromatic nitrogens is 3. The molecular formula is C67H91Cl3F2N10O5S. The third-order valence-electron chi connectivity index (χ3n) is 14.3. The van der Waals surface area contributed by atoms with Crippen molar-refractivity contribution in [2.24, 2.45) is 21.2 Å². The highest BCUT2D eigenvalue weighted by Gasteiger charge is 2.33. The molecule has 3 aliphatic heterocycles. The van der Waals surface area contributed by atoms with E-state index in [-0.39, 0.29) is 45.2 Å². The largest absolute Gasteiger partial charge is 0.495 e. The lowest BCUT2D eigenvalue weighted by Crippen LogP contribution is -2.50. The molecule has 4 N–H and O–H groups in total. The van der Waals surface area contributed by atoms with E-state index in [0.29, 0.717) is 72.3 Å². The monoisotopic (exact) mass is 1290 g/mol. The molecule has 5 heterocycles. The summed E-state index contributed by atoms with van der Waals surface area (Å²) >= 11 is 19.0. The third kappa shape index (κ3) is 22.6. The standard InChI is InChI=1S/C37H54ClFN6O5.C17H15ClN4S.C6H4ClF.C5H12.C2H6/c1-36(2,23-50-24-37(3,4)22-45-15-13-44(14-16-45)12-6-11-40-25-46)21-42-34(47)26-7-10-31(33(18-26)49-5)43-35(48)32-17-27(20-41-32)29-9-8-28(38)19-30(29)39;1-9-10(2)23-17-15(9)16(12-4-6-13(18)7-5-12)19-8-14-21-20-11(3)22(14)17;7-5-3-1-2-4-6(5)8;1-5(2,3)4;1-2/h7-10,18-19,25,27,32,41H,6,11-17,20-24H2,1-5H3,(H,40,46)(H,42,47)(H,43,48);4-7H,8H2,1-3H3;1-4H;1-4H3;1-2H3. The highest BCUT2D eigenvalue weighted by atomic mass is 35.5. The lowest BCUT2D eigenvalue weighted by Gasteiger charge is -2.39. The van der Waals surface area contributed by atoms with Crippen LogP contribution >= 0.6 is 46.1 Å². The summed E-state index contributed by atoms with van der Waals surface area (Å²) in [6.45, 7) is 36.9. The minimum absolute atomic E-state index is 0.0206. The molecule has 2 saturated heterocycles. The molecule has 2 fully saturated rings. The van der Waals surface area contributed by atoms with Crippen LogP contribution in [0.5, 0.6) is 5.75 Å². The number of piperazine rings is 1. The van der Waals surface area contributed by atoms with Gasteiger partial charge >= 0.3 is 0 Å². The van der Waals surface area contributed by atoms with Crippen LogP contribution in [0.25, 0.3) is 5.00 Å². The van der Waals surface area contributed by atoms with Gasteiger partial charge in [-0.2, -0.15) is 0 Å². The van der Waals surface area contributed by atoms with Crippen LogP contribution in [0.2, 0.25) is 15.1 Å². The topological polar surface area (TPSA) is 167 Å². The molecule has 2 unspecified atom stereocenters. The van der Waals surface area contributed by atoms with Crippen molar-refractivity contribution < 1.29 is 32.6 Å². The molecule has 4 aromatic carbocycles. The first-order valence-corrected chi connectivity index (χ1v) is 32.0. The number of carbonyl (C=O) groups excluding carboxylic acids is 3. The fourth-order valence-electron chi connectivity index (χ4n) is 9.85. The molecule has 480 valence electrons. The second-order valence-electron chi connectivity index (χ2n) is 25.1. The van der Waals surface area contributed by atoms with Crippen LogP contribution in [0, 0.1) is 48.7 Å². The molecule has 9 rings (SSSR count). The van der Waals surface area contributed by atoms with Gasteiger partial charge in [-0.05, 0) is 111 Å². The van der Waals surface area contributed by atoms with Gasteiger partial charge in [0, 0.05) is 101 Å². The van der Waals surface area contributed by atoms with Gasteiger partial charge in [-0.25, -0.2) is 8.78 Å². The van der Waals surface area contributed by atoms with Crippen molar-refractivity contribution in [3.63, 3.8) is 0 Å². The predicted molar refractivity (Wildman–Crippen MR) is 357 cm³/mol. The third-order valence-corrected chi connectivity index (χ3v) is 16.3. The molecule has 0 bridgehead atoms. The molecule has 15 nitrogen and oxygen atoms in total. The summed E-state index contributed by atoms with van der Waals surface area (Å²) in [6, 6.07) is 23.0. The summed E-state index contributed by atoms with van der Waals surface area (Å²) in [5.41, 5.74) is 6.09. The van der Waals surface area contributed by atoms with Crippen molar-refractivity contribution in [3.05, 3.63) is 156 Å². The number of halogens is 5. The quantitative estimate of drug-likeness (QED) is 0.0453. The number of anilines is 1. The maximum absolute atomic E-state index is 14.4. The van der Waals surface area contributed by atoms with Crippen molar-refractivity contribution in [1.82, 2.24) is 40.5 Å². The van der Waals surface area contributed by atoms with Gasteiger partial charge in [0.2, 0.25) is 12.3 Å². The first-order chi connectivity index (χ1) is 41.6. The average Bonchev–Trinajstić information content (AvgIpc) is 1.92. The van der Waals surface area contributed by atoms with Gasteiger partial charge < -0.3 is 40.5 Å². The van der Waals surface area contributed by atoms with Gasteiger partial charge in [-0.1, -0.05) is 134 Å². The van der Waals surface area contributed by atoms with Crippen LogP contribution in [0.4, 0.5) is 14.5 Å². The van der Waals surface area contributed by atoms with Gasteiger partial charge in [-0.3, -0.25) is 23.9 Å². The zero-order valence-electron chi connectivity index (χ0n) is 53.7. The fraction of sp³-hybridized carbons (Fsp3) is 0.493. The van der Waals surface area contributed by atoms with Crippen LogP contribution in [0.1, 0.15) is 137 Å². The summed E-state index contributed by atoms with van der Waals surface area (Å²) in [6.07, 6.45) is 2.15.